The Hall–Kier alpha value is -3.99. The summed E-state index contributed by atoms with van der Waals surface area (Å²) in [4.78, 5) is 22.7. The molecule has 5 nitrogen and oxygen atoms in total. The third-order valence-corrected chi connectivity index (χ3v) is 5.77. The lowest BCUT2D eigenvalue weighted by Crippen LogP contribution is -2.17. The van der Waals surface area contributed by atoms with E-state index >= 15 is 0 Å². The number of amides is 1. The summed E-state index contributed by atoms with van der Waals surface area (Å²) in [5, 5.41) is 3.03. The molecule has 32 heavy (non-hydrogen) atoms. The highest BCUT2D eigenvalue weighted by molar-refractivity contribution is 5.94. The topological polar surface area (TPSA) is 80.9 Å². The molecule has 3 aromatic carbocycles. The molecule has 0 fully saturated rings. The van der Waals surface area contributed by atoms with Gasteiger partial charge in [-0.05, 0) is 42.5 Å². The lowest BCUT2D eigenvalue weighted by atomic mass is 9.91. The number of aromatic nitrogens is 2. The van der Waals surface area contributed by atoms with Gasteiger partial charge >= 0.3 is 0 Å². The van der Waals surface area contributed by atoms with E-state index in [9.17, 15) is 4.79 Å². The molecule has 3 N–H and O–H groups in total. The molecule has 0 radical (unpaired) electrons. The standard InChI is InChI=1S/C27H24N4O/c28-21-13-14-22-20(17-21)12-15-23-26(22)31-25(19-9-5-2-6-10-19)27(29-23)30-24(32)16-11-18-7-3-1-4-8-18/h1-10,13-14,17H,11-12,15-16,28H2,(H,29,30,32). The van der Waals surface area contributed by atoms with Gasteiger partial charge in [-0.2, -0.15) is 0 Å². The predicted octanol–water partition coefficient (Wildman–Crippen LogP) is 5.06. The highest BCUT2D eigenvalue weighted by Gasteiger charge is 2.23. The van der Waals surface area contributed by atoms with Gasteiger partial charge in [-0.25, -0.2) is 9.97 Å². The first-order valence-corrected chi connectivity index (χ1v) is 10.9. The monoisotopic (exact) mass is 420 g/mol. The van der Waals surface area contributed by atoms with E-state index in [1.165, 1.54) is 5.56 Å². The molecule has 5 heteroatoms. The van der Waals surface area contributed by atoms with Crippen molar-refractivity contribution in [2.75, 3.05) is 11.1 Å². The van der Waals surface area contributed by atoms with Crippen molar-refractivity contribution in [3.63, 3.8) is 0 Å². The van der Waals surface area contributed by atoms with Gasteiger partial charge in [0, 0.05) is 23.2 Å². The van der Waals surface area contributed by atoms with Crippen LogP contribution in [0.4, 0.5) is 11.5 Å². The number of benzene rings is 3. The Kier molecular flexibility index (Phi) is 5.38. The van der Waals surface area contributed by atoms with Gasteiger partial charge in [0.1, 0.15) is 5.69 Å². The summed E-state index contributed by atoms with van der Waals surface area (Å²) in [7, 11) is 0. The number of nitrogen functional groups attached to an aromatic ring is 1. The fourth-order valence-electron chi connectivity index (χ4n) is 4.15. The summed E-state index contributed by atoms with van der Waals surface area (Å²) in [6.45, 7) is 0. The number of rotatable bonds is 5. The van der Waals surface area contributed by atoms with E-state index in [-0.39, 0.29) is 5.91 Å². The Morgan fingerprint density at radius 3 is 2.41 bits per heavy atom. The second-order valence-corrected chi connectivity index (χ2v) is 8.03. The second-order valence-electron chi connectivity index (χ2n) is 8.03. The maximum Gasteiger partial charge on any atom is 0.225 e. The first-order chi connectivity index (χ1) is 15.7. The number of carbonyl (C=O) groups is 1. The van der Waals surface area contributed by atoms with Crippen LogP contribution >= 0.6 is 0 Å². The summed E-state index contributed by atoms with van der Waals surface area (Å²) in [6, 6.07) is 25.8. The summed E-state index contributed by atoms with van der Waals surface area (Å²) in [5.41, 5.74) is 13.5. The first kappa shape index (κ1) is 19.9. The van der Waals surface area contributed by atoms with Crippen LogP contribution in [0.5, 0.6) is 0 Å². The van der Waals surface area contributed by atoms with Gasteiger partial charge in [-0.1, -0.05) is 66.7 Å². The molecule has 0 unspecified atom stereocenters. The minimum absolute atomic E-state index is 0.0655. The van der Waals surface area contributed by atoms with Crippen LogP contribution in [0.15, 0.2) is 78.9 Å². The summed E-state index contributed by atoms with van der Waals surface area (Å²) < 4.78 is 0. The van der Waals surface area contributed by atoms with Crippen molar-refractivity contribution < 1.29 is 4.79 Å². The van der Waals surface area contributed by atoms with Gasteiger partial charge in [-0.3, -0.25) is 4.79 Å². The first-order valence-electron chi connectivity index (χ1n) is 10.9. The minimum atomic E-state index is -0.0655. The van der Waals surface area contributed by atoms with Gasteiger partial charge in [-0.15, -0.1) is 0 Å². The fourth-order valence-corrected chi connectivity index (χ4v) is 4.15. The van der Waals surface area contributed by atoms with E-state index < -0.39 is 0 Å². The number of fused-ring (bicyclic) bond motifs is 3. The fraction of sp³-hybridized carbons (Fsp3) is 0.148. The molecule has 1 aliphatic carbocycles. The van der Waals surface area contributed by atoms with Crippen LogP contribution in [-0.4, -0.2) is 15.9 Å². The van der Waals surface area contributed by atoms with Crippen molar-refractivity contribution in [3.8, 4) is 22.5 Å². The molecule has 5 rings (SSSR count). The number of aryl methyl sites for hydroxylation is 3. The third kappa shape index (κ3) is 4.10. The van der Waals surface area contributed by atoms with Crippen LogP contribution in [0.3, 0.4) is 0 Å². The van der Waals surface area contributed by atoms with Gasteiger partial charge in [0.05, 0.1) is 11.4 Å². The lowest BCUT2D eigenvalue weighted by molar-refractivity contribution is -0.116. The van der Waals surface area contributed by atoms with Gasteiger partial charge in [0.15, 0.2) is 5.82 Å². The summed E-state index contributed by atoms with van der Waals surface area (Å²) >= 11 is 0. The van der Waals surface area contributed by atoms with E-state index in [2.05, 4.69) is 5.32 Å². The molecule has 0 bridgehead atoms. The van der Waals surface area contributed by atoms with E-state index in [1.54, 1.807) is 0 Å². The minimum Gasteiger partial charge on any atom is -0.399 e. The van der Waals surface area contributed by atoms with Crippen molar-refractivity contribution >= 4 is 17.4 Å². The molecule has 1 amide bonds. The molecule has 1 aliphatic rings. The Balaban J connectivity index is 1.49. The van der Waals surface area contributed by atoms with E-state index in [0.717, 1.165) is 46.6 Å². The van der Waals surface area contributed by atoms with Crippen LogP contribution in [-0.2, 0) is 24.1 Å². The number of nitrogens with one attached hydrogen (secondary N) is 1. The second kappa shape index (κ2) is 8.63. The van der Waals surface area contributed by atoms with Crippen LogP contribution in [0.1, 0.15) is 23.2 Å². The molecular weight excluding hydrogens is 396 g/mol. The van der Waals surface area contributed by atoms with Crippen molar-refractivity contribution in [3.05, 3.63) is 95.7 Å². The van der Waals surface area contributed by atoms with E-state index in [4.69, 9.17) is 15.7 Å². The highest BCUT2D eigenvalue weighted by atomic mass is 16.1. The van der Waals surface area contributed by atoms with Gasteiger partial charge in [0.2, 0.25) is 5.91 Å². The zero-order chi connectivity index (χ0) is 21.9. The average Bonchev–Trinajstić information content (AvgIpc) is 2.83. The average molecular weight is 421 g/mol. The Morgan fingerprint density at radius 2 is 1.62 bits per heavy atom. The smallest absolute Gasteiger partial charge is 0.225 e. The highest BCUT2D eigenvalue weighted by Crippen LogP contribution is 2.36. The van der Waals surface area contributed by atoms with E-state index in [1.807, 2.05) is 78.9 Å². The van der Waals surface area contributed by atoms with Crippen LogP contribution in [0, 0.1) is 0 Å². The molecule has 4 aromatic rings. The predicted molar refractivity (Wildman–Crippen MR) is 128 cm³/mol. The SMILES string of the molecule is Nc1ccc2c(c1)CCc1nc(NC(=O)CCc3ccccc3)c(-c3ccccc3)nc1-2. The van der Waals surface area contributed by atoms with Gasteiger partial charge < -0.3 is 11.1 Å². The van der Waals surface area contributed by atoms with Gasteiger partial charge in [0.25, 0.3) is 0 Å². The summed E-state index contributed by atoms with van der Waals surface area (Å²) in [6.07, 6.45) is 2.69. The Morgan fingerprint density at radius 1 is 0.875 bits per heavy atom. The number of nitrogens with zero attached hydrogens (tertiary/aromatic N) is 2. The number of hydrogen-bond acceptors (Lipinski definition) is 4. The largest absolute Gasteiger partial charge is 0.399 e. The quantitative estimate of drug-likeness (QED) is 0.442. The molecule has 0 saturated heterocycles. The molecule has 158 valence electrons. The van der Waals surface area contributed by atoms with Crippen molar-refractivity contribution in [1.29, 1.82) is 0 Å². The Labute approximate surface area is 187 Å². The third-order valence-electron chi connectivity index (χ3n) is 5.77. The van der Waals surface area contributed by atoms with Crippen LogP contribution in [0.25, 0.3) is 22.5 Å². The molecule has 1 heterocycles. The van der Waals surface area contributed by atoms with E-state index in [0.29, 0.717) is 24.4 Å². The van der Waals surface area contributed by atoms with Crippen LogP contribution < -0.4 is 11.1 Å². The van der Waals surface area contributed by atoms with Crippen molar-refractivity contribution in [2.45, 2.75) is 25.7 Å². The number of hydrogen-bond donors (Lipinski definition) is 2. The molecular formula is C27H24N4O. The number of nitrogens with two attached hydrogens (primary N) is 1. The zero-order valence-electron chi connectivity index (χ0n) is 17.7. The molecule has 0 atom stereocenters. The normalized spacial score (nSPS) is 12.0. The zero-order valence-corrected chi connectivity index (χ0v) is 17.7. The lowest BCUT2D eigenvalue weighted by Gasteiger charge is -2.21. The molecule has 0 aliphatic heterocycles. The maximum absolute atomic E-state index is 12.8. The molecule has 0 saturated carbocycles. The molecule has 0 spiro atoms. The number of carbonyl (C=O) groups excluding carboxylic acids is 1. The van der Waals surface area contributed by atoms with Crippen molar-refractivity contribution in [1.82, 2.24) is 9.97 Å². The number of anilines is 2. The Bertz CT molecular complexity index is 1270. The summed E-state index contributed by atoms with van der Waals surface area (Å²) in [5.74, 6) is 0.455. The van der Waals surface area contributed by atoms with Crippen molar-refractivity contribution in [2.24, 2.45) is 0 Å². The van der Waals surface area contributed by atoms with Crippen LogP contribution in [0.2, 0.25) is 0 Å². The molecule has 1 aromatic heterocycles. The maximum atomic E-state index is 12.8.